The predicted octanol–water partition coefficient (Wildman–Crippen LogP) is 3.97. The quantitative estimate of drug-likeness (QED) is 0.452. The summed E-state index contributed by atoms with van der Waals surface area (Å²) in [7, 11) is 1.37. The molecule has 0 aliphatic heterocycles. The molecule has 0 aliphatic carbocycles. The highest BCUT2D eigenvalue weighted by atomic mass is 35.5. The molecule has 0 radical (unpaired) electrons. The first-order valence-corrected chi connectivity index (χ1v) is 7.45. The number of nitrogens with zero attached hydrogens (tertiary/aromatic N) is 2. The van der Waals surface area contributed by atoms with E-state index in [4.69, 9.17) is 28.6 Å². The van der Waals surface area contributed by atoms with Crippen molar-refractivity contribution in [1.82, 2.24) is 0 Å². The molecule has 130 valence electrons. The van der Waals surface area contributed by atoms with Crippen molar-refractivity contribution >= 4 is 51.7 Å². The minimum atomic E-state index is -0.562. The van der Waals surface area contributed by atoms with E-state index in [1.54, 1.807) is 0 Å². The molecule has 0 heterocycles. The Labute approximate surface area is 151 Å². The smallest absolute Gasteiger partial charge is 0.273 e. The first-order valence-electron chi connectivity index (χ1n) is 6.66. The molecule has 2 aromatic carbocycles. The third-order valence-corrected chi connectivity index (χ3v) is 3.57. The molecule has 0 fully saturated rings. The molecule has 25 heavy (non-hydrogen) atoms. The topological polar surface area (TPSA) is 120 Å². The standard InChI is InChI=1S/C14H11ClN4O5S/c1-24-13-7-9(19(22)23)3-5-12(13)17-14(25)16-11-4-2-8(18(20)21)6-10(11)15/h2-7H,1H3,(H2,16,17,25). The summed E-state index contributed by atoms with van der Waals surface area (Å²) < 4.78 is 5.10. The number of anilines is 2. The summed E-state index contributed by atoms with van der Waals surface area (Å²) in [5.74, 6) is 0.230. The highest BCUT2D eigenvalue weighted by Crippen LogP contribution is 2.30. The van der Waals surface area contributed by atoms with Gasteiger partial charge in [0, 0.05) is 18.2 Å². The number of halogens is 1. The molecule has 2 N–H and O–H groups in total. The van der Waals surface area contributed by atoms with Crippen molar-refractivity contribution < 1.29 is 14.6 Å². The molecule has 0 spiro atoms. The van der Waals surface area contributed by atoms with E-state index < -0.39 is 9.85 Å². The Balaban J connectivity index is 2.15. The summed E-state index contributed by atoms with van der Waals surface area (Å²) >= 11 is 11.1. The molecular formula is C14H11ClN4O5S. The molecule has 0 aromatic heterocycles. The van der Waals surface area contributed by atoms with E-state index in [9.17, 15) is 20.2 Å². The van der Waals surface area contributed by atoms with Crippen LogP contribution in [0.2, 0.25) is 5.02 Å². The van der Waals surface area contributed by atoms with Gasteiger partial charge in [-0.3, -0.25) is 20.2 Å². The van der Waals surface area contributed by atoms with Crippen LogP contribution >= 0.6 is 23.8 Å². The van der Waals surface area contributed by atoms with E-state index in [0.717, 1.165) is 0 Å². The number of nitrogens with one attached hydrogen (secondary N) is 2. The molecule has 2 rings (SSSR count). The number of ether oxygens (including phenoxy) is 1. The lowest BCUT2D eigenvalue weighted by atomic mass is 10.2. The van der Waals surface area contributed by atoms with E-state index in [0.29, 0.717) is 11.4 Å². The van der Waals surface area contributed by atoms with Crippen LogP contribution in [0.5, 0.6) is 5.75 Å². The molecule has 0 aliphatic rings. The van der Waals surface area contributed by atoms with Gasteiger partial charge in [0.25, 0.3) is 11.4 Å². The second-order valence-electron chi connectivity index (χ2n) is 4.64. The normalized spacial score (nSPS) is 10.0. The molecular weight excluding hydrogens is 372 g/mol. The second kappa shape index (κ2) is 7.73. The lowest BCUT2D eigenvalue weighted by Crippen LogP contribution is -2.19. The number of thiocarbonyl (C=S) groups is 1. The number of non-ortho nitro benzene ring substituents is 2. The lowest BCUT2D eigenvalue weighted by Gasteiger charge is -2.14. The summed E-state index contributed by atoms with van der Waals surface area (Å²) in [6, 6.07) is 7.89. The summed E-state index contributed by atoms with van der Waals surface area (Å²) in [6.45, 7) is 0. The highest BCUT2D eigenvalue weighted by molar-refractivity contribution is 7.80. The Kier molecular flexibility index (Phi) is 5.67. The summed E-state index contributed by atoms with van der Waals surface area (Å²) in [4.78, 5) is 20.4. The zero-order valence-electron chi connectivity index (χ0n) is 12.7. The molecule has 0 amide bonds. The van der Waals surface area contributed by atoms with Crippen molar-refractivity contribution in [2.75, 3.05) is 17.7 Å². The van der Waals surface area contributed by atoms with Gasteiger partial charge in [-0.2, -0.15) is 0 Å². The average Bonchev–Trinajstić information content (AvgIpc) is 2.56. The number of hydrogen-bond donors (Lipinski definition) is 2. The van der Waals surface area contributed by atoms with Crippen LogP contribution < -0.4 is 15.4 Å². The maximum Gasteiger partial charge on any atom is 0.273 e. The second-order valence-corrected chi connectivity index (χ2v) is 5.46. The Morgan fingerprint density at radius 1 is 1.04 bits per heavy atom. The van der Waals surface area contributed by atoms with Crippen molar-refractivity contribution in [2.45, 2.75) is 0 Å². The largest absolute Gasteiger partial charge is 0.494 e. The minimum absolute atomic E-state index is 0.119. The van der Waals surface area contributed by atoms with E-state index in [2.05, 4.69) is 10.6 Å². The van der Waals surface area contributed by atoms with Crippen LogP contribution in [0.3, 0.4) is 0 Å². The average molecular weight is 383 g/mol. The number of methoxy groups -OCH3 is 1. The van der Waals surface area contributed by atoms with Crippen LogP contribution in [0.25, 0.3) is 0 Å². The Hall–Kier alpha value is -2.98. The maximum atomic E-state index is 10.8. The van der Waals surface area contributed by atoms with Crippen LogP contribution in [-0.4, -0.2) is 22.1 Å². The minimum Gasteiger partial charge on any atom is -0.494 e. The van der Waals surface area contributed by atoms with Gasteiger partial charge in [-0.25, -0.2) is 0 Å². The van der Waals surface area contributed by atoms with Crippen molar-refractivity contribution in [3.8, 4) is 5.75 Å². The molecule has 0 saturated heterocycles. The van der Waals surface area contributed by atoms with Gasteiger partial charge in [0.05, 0.1) is 39.4 Å². The van der Waals surface area contributed by atoms with Gasteiger partial charge in [0.1, 0.15) is 5.75 Å². The SMILES string of the molecule is COc1cc([N+](=O)[O-])ccc1NC(=S)Nc1ccc([N+](=O)[O-])cc1Cl. The van der Waals surface area contributed by atoms with Crippen LogP contribution in [0.4, 0.5) is 22.7 Å². The highest BCUT2D eigenvalue weighted by Gasteiger charge is 2.14. The van der Waals surface area contributed by atoms with E-state index >= 15 is 0 Å². The van der Waals surface area contributed by atoms with Crippen molar-refractivity contribution in [2.24, 2.45) is 0 Å². The zero-order valence-corrected chi connectivity index (χ0v) is 14.3. The van der Waals surface area contributed by atoms with Gasteiger partial charge in [-0.1, -0.05) is 11.6 Å². The number of benzene rings is 2. The fourth-order valence-corrected chi connectivity index (χ4v) is 2.33. The van der Waals surface area contributed by atoms with Gasteiger partial charge in [-0.15, -0.1) is 0 Å². The van der Waals surface area contributed by atoms with Gasteiger partial charge < -0.3 is 15.4 Å². The number of nitro benzene ring substituents is 2. The summed E-state index contributed by atoms with van der Waals surface area (Å²) in [6.07, 6.45) is 0. The van der Waals surface area contributed by atoms with Crippen molar-refractivity contribution in [1.29, 1.82) is 0 Å². The number of nitro groups is 2. The number of rotatable bonds is 5. The lowest BCUT2D eigenvalue weighted by molar-refractivity contribution is -0.385. The van der Waals surface area contributed by atoms with Crippen LogP contribution in [0.15, 0.2) is 36.4 Å². The molecule has 0 unspecified atom stereocenters. The van der Waals surface area contributed by atoms with Gasteiger partial charge >= 0.3 is 0 Å². The van der Waals surface area contributed by atoms with Gasteiger partial charge in [0.2, 0.25) is 0 Å². The molecule has 0 bridgehead atoms. The third kappa shape index (κ3) is 4.52. The van der Waals surface area contributed by atoms with Crippen molar-refractivity contribution in [3.63, 3.8) is 0 Å². The Morgan fingerprint density at radius 3 is 2.08 bits per heavy atom. The first kappa shape index (κ1) is 18.4. The van der Waals surface area contributed by atoms with Crippen molar-refractivity contribution in [3.05, 3.63) is 61.6 Å². The third-order valence-electron chi connectivity index (χ3n) is 3.06. The fraction of sp³-hybridized carbons (Fsp3) is 0.0714. The molecule has 0 atom stereocenters. The van der Waals surface area contributed by atoms with Gasteiger partial charge in [-0.05, 0) is 24.4 Å². The van der Waals surface area contributed by atoms with E-state index in [1.165, 1.54) is 43.5 Å². The molecule has 9 nitrogen and oxygen atoms in total. The summed E-state index contributed by atoms with van der Waals surface area (Å²) in [5.41, 5.74) is 0.500. The molecule has 0 saturated carbocycles. The zero-order chi connectivity index (χ0) is 18.6. The summed E-state index contributed by atoms with van der Waals surface area (Å²) in [5, 5.41) is 27.3. The first-order chi connectivity index (χ1) is 11.8. The Morgan fingerprint density at radius 2 is 1.56 bits per heavy atom. The number of hydrogen-bond acceptors (Lipinski definition) is 6. The predicted molar refractivity (Wildman–Crippen MR) is 97.6 cm³/mol. The van der Waals surface area contributed by atoms with Crippen LogP contribution in [-0.2, 0) is 0 Å². The van der Waals surface area contributed by atoms with E-state index in [1.807, 2.05) is 0 Å². The monoisotopic (exact) mass is 382 g/mol. The van der Waals surface area contributed by atoms with E-state index in [-0.39, 0.29) is 27.3 Å². The maximum absolute atomic E-state index is 10.8. The van der Waals surface area contributed by atoms with Crippen LogP contribution in [0, 0.1) is 20.2 Å². The molecule has 2 aromatic rings. The molecule has 11 heteroatoms. The van der Waals surface area contributed by atoms with Gasteiger partial charge in [0.15, 0.2) is 5.11 Å². The van der Waals surface area contributed by atoms with Crippen LogP contribution in [0.1, 0.15) is 0 Å². The fourth-order valence-electron chi connectivity index (χ4n) is 1.89. The Bertz CT molecular complexity index is 861.